The number of non-ortho nitro benzene ring substituents is 1. The molecular weight excluding hydrogens is 274 g/mol. The zero-order valence-electron chi connectivity index (χ0n) is 9.99. The van der Waals surface area contributed by atoms with Crippen LogP contribution < -0.4 is 5.32 Å². The van der Waals surface area contributed by atoms with Crippen LogP contribution in [0, 0.1) is 10.1 Å². The maximum atomic E-state index is 11.0. The number of benzene rings is 1. The highest BCUT2D eigenvalue weighted by molar-refractivity contribution is 7.90. The Morgan fingerprint density at radius 3 is 2.84 bits per heavy atom. The van der Waals surface area contributed by atoms with Crippen molar-refractivity contribution in [1.29, 1.82) is 0 Å². The quantitative estimate of drug-likeness (QED) is 0.648. The normalized spacial score (nSPS) is 11.6. The summed E-state index contributed by atoms with van der Waals surface area (Å²) in [5, 5.41) is 13.5. The number of anilines is 1. The van der Waals surface area contributed by atoms with E-state index in [1.54, 1.807) is 6.07 Å². The van der Waals surface area contributed by atoms with Crippen LogP contribution in [-0.4, -0.2) is 36.9 Å². The van der Waals surface area contributed by atoms with Gasteiger partial charge in [0.05, 0.1) is 10.7 Å². The van der Waals surface area contributed by atoms with Crippen molar-refractivity contribution in [2.45, 2.75) is 0 Å². The lowest BCUT2D eigenvalue weighted by Gasteiger charge is -1.98. The number of nitro groups is 1. The van der Waals surface area contributed by atoms with Gasteiger partial charge in [0.25, 0.3) is 11.7 Å². The molecule has 0 spiro atoms. The van der Waals surface area contributed by atoms with Gasteiger partial charge in [-0.3, -0.25) is 10.1 Å². The van der Waals surface area contributed by atoms with E-state index in [1.807, 2.05) is 0 Å². The van der Waals surface area contributed by atoms with Crippen LogP contribution >= 0.6 is 0 Å². The third-order valence-corrected chi connectivity index (χ3v) is 3.29. The van der Waals surface area contributed by atoms with E-state index in [1.165, 1.54) is 12.1 Å². The molecule has 0 fully saturated rings. The lowest BCUT2D eigenvalue weighted by Crippen LogP contribution is -2.14. The number of hydrogen-bond donors (Lipinski definition) is 1. The predicted molar refractivity (Wildman–Crippen MR) is 68.9 cm³/mol. The van der Waals surface area contributed by atoms with Crippen LogP contribution in [0.25, 0.3) is 11.1 Å². The Kier molecular flexibility index (Phi) is 3.38. The Labute approximate surface area is 108 Å². The number of fused-ring (bicyclic) bond motifs is 1. The number of nitrogens with one attached hydrogen (secondary N) is 1. The van der Waals surface area contributed by atoms with Crippen molar-refractivity contribution in [3.05, 3.63) is 28.3 Å². The summed E-state index contributed by atoms with van der Waals surface area (Å²) in [4.78, 5) is 14.2. The molecule has 0 unspecified atom stereocenters. The van der Waals surface area contributed by atoms with Gasteiger partial charge in [-0.1, -0.05) is 6.07 Å². The first-order valence-electron chi connectivity index (χ1n) is 5.32. The number of nitrogens with zero attached hydrogens (tertiary/aromatic N) is 2. The predicted octanol–water partition coefficient (Wildman–Crippen LogP) is 1.19. The smallest absolute Gasteiger partial charge is 0.298 e. The molecule has 0 aliphatic carbocycles. The fourth-order valence-electron chi connectivity index (χ4n) is 1.50. The van der Waals surface area contributed by atoms with Crippen molar-refractivity contribution in [2.75, 3.05) is 23.9 Å². The molecule has 0 saturated heterocycles. The first-order valence-corrected chi connectivity index (χ1v) is 7.38. The van der Waals surface area contributed by atoms with E-state index in [4.69, 9.17) is 4.42 Å². The fraction of sp³-hybridized carbons (Fsp3) is 0.300. The molecular formula is C10H11N3O5S. The molecule has 0 amide bonds. The van der Waals surface area contributed by atoms with E-state index in [2.05, 4.69) is 10.3 Å². The monoisotopic (exact) mass is 285 g/mol. The van der Waals surface area contributed by atoms with Gasteiger partial charge in [0, 0.05) is 18.9 Å². The van der Waals surface area contributed by atoms with Gasteiger partial charge in [0.2, 0.25) is 0 Å². The third kappa shape index (κ3) is 3.19. The SMILES string of the molecule is CS(=O)(=O)CCNc1nc2c([N+](=O)[O-])cccc2o1. The number of sulfone groups is 1. The molecule has 0 aliphatic rings. The zero-order chi connectivity index (χ0) is 14.0. The number of hydrogen-bond acceptors (Lipinski definition) is 7. The molecule has 1 aromatic heterocycles. The van der Waals surface area contributed by atoms with Crippen LogP contribution in [0.1, 0.15) is 0 Å². The number of rotatable bonds is 5. The minimum Gasteiger partial charge on any atom is -0.423 e. The molecule has 9 heteroatoms. The standard InChI is InChI=1S/C10H11N3O5S/c1-19(16,17)6-5-11-10-12-9-7(13(14)15)3-2-4-8(9)18-10/h2-4H,5-6H2,1H3,(H,11,12). The van der Waals surface area contributed by atoms with Gasteiger partial charge in [0.15, 0.2) is 11.1 Å². The van der Waals surface area contributed by atoms with E-state index in [9.17, 15) is 18.5 Å². The van der Waals surface area contributed by atoms with Gasteiger partial charge < -0.3 is 9.73 Å². The lowest BCUT2D eigenvalue weighted by molar-refractivity contribution is -0.383. The highest BCUT2D eigenvalue weighted by Gasteiger charge is 2.17. The van der Waals surface area contributed by atoms with Gasteiger partial charge in [-0.15, -0.1) is 0 Å². The number of aromatic nitrogens is 1. The average Bonchev–Trinajstić information content (AvgIpc) is 2.68. The molecule has 1 heterocycles. The summed E-state index contributed by atoms with van der Waals surface area (Å²) in [7, 11) is -3.09. The van der Waals surface area contributed by atoms with Crippen LogP contribution in [0.15, 0.2) is 22.6 Å². The Hall–Kier alpha value is -2.16. The van der Waals surface area contributed by atoms with Crippen LogP contribution in [0.2, 0.25) is 0 Å². The fourth-order valence-corrected chi connectivity index (χ4v) is 1.97. The van der Waals surface area contributed by atoms with Gasteiger partial charge in [0.1, 0.15) is 9.84 Å². The molecule has 19 heavy (non-hydrogen) atoms. The van der Waals surface area contributed by atoms with E-state index in [0.717, 1.165) is 6.26 Å². The summed E-state index contributed by atoms with van der Waals surface area (Å²) in [5.41, 5.74) is 0.253. The minimum absolute atomic E-state index is 0.0629. The Balaban J connectivity index is 2.22. The molecule has 0 aliphatic heterocycles. The van der Waals surface area contributed by atoms with Crippen molar-refractivity contribution >= 4 is 32.6 Å². The molecule has 102 valence electrons. The van der Waals surface area contributed by atoms with Gasteiger partial charge in [-0.2, -0.15) is 4.98 Å². The first kappa shape index (κ1) is 13.3. The van der Waals surface area contributed by atoms with Gasteiger partial charge >= 0.3 is 0 Å². The summed E-state index contributed by atoms with van der Waals surface area (Å²) >= 11 is 0. The second-order valence-electron chi connectivity index (χ2n) is 3.96. The summed E-state index contributed by atoms with van der Waals surface area (Å²) in [6.07, 6.45) is 1.12. The largest absolute Gasteiger partial charge is 0.423 e. The maximum Gasteiger partial charge on any atom is 0.298 e. The Morgan fingerprint density at radius 2 is 2.21 bits per heavy atom. The second kappa shape index (κ2) is 4.84. The molecule has 0 radical (unpaired) electrons. The summed E-state index contributed by atoms with van der Waals surface area (Å²) in [6, 6.07) is 4.43. The Bertz CT molecular complexity index is 722. The van der Waals surface area contributed by atoms with Crippen molar-refractivity contribution in [3.8, 4) is 0 Å². The summed E-state index contributed by atoms with van der Waals surface area (Å²) in [5.74, 6) is -0.0756. The lowest BCUT2D eigenvalue weighted by atomic mass is 10.3. The summed E-state index contributed by atoms with van der Waals surface area (Å²) < 4.78 is 27.2. The van der Waals surface area contributed by atoms with Crippen LogP contribution in [0.3, 0.4) is 0 Å². The van der Waals surface area contributed by atoms with Gasteiger partial charge in [-0.25, -0.2) is 8.42 Å². The molecule has 8 nitrogen and oxygen atoms in total. The number of oxazole rings is 1. The van der Waals surface area contributed by atoms with Crippen molar-refractivity contribution < 1.29 is 17.8 Å². The molecule has 1 aromatic carbocycles. The molecule has 2 rings (SSSR count). The molecule has 0 bridgehead atoms. The van der Waals surface area contributed by atoms with E-state index in [0.29, 0.717) is 0 Å². The highest BCUT2D eigenvalue weighted by atomic mass is 32.2. The second-order valence-corrected chi connectivity index (χ2v) is 6.22. The average molecular weight is 285 g/mol. The van der Waals surface area contributed by atoms with Crippen LogP contribution in [-0.2, 0) is 9.84 Å². The topological polar surface area (TPSA) is 115 Å². The Morgan fingerprint density at radius 1 is 1.47 bits per heavy atom. The van der Waals surface area contributed by atoms with E-state index >= 15 is 0 Å². The third-order valence-electron chi connectivity index (χ3n) is 2.34. The minimum atomic E-state index is -3.09. The molecule has 1 N–H and O–H groups in total. The van der Waals surface area contributed by atoms with Crippen LogP contribution in [0.4, 0.5) is 11.7 Å². The summed E-state index contributed by atoms with van der Waals surface area (Å²) in [6.45, 7) is 0.124. The van der Waals surface area contributed by atoms with E-state index in [-0.39, 0.29) is 35.1 Å². The van der Waals surface area contributed by atoms with Crippen molar-refractivity contribution in [3.63, 3.8) is 0 Å². The number of nitro benzene ring substituents is 1. The van der Waals surface area contributed by atoms with Crippen LogP contribution in [0.5, 0.6) is 0 Å². The van der Waals surface area contributed by atoms with Crippen molar-refractivity contribution in [1.82, 2.24) is 4.98 Å². The van der Waals surface area contributed by atoms with Crippen molar-refractivity contribution in [2.24, 2.45) is 0 Å². The first-order chi connectivity index (χ1) is 8.87. The number of para-hydroxylation sites is 1. The highest BCUT2D eigenvalue weighted by Crippen LogP contribution is 2.27. The molecule has 2 aromatic rings. The zero-order valence-corrected chi connectivity index (χ0v) is 10.8. The molecule has 0 saturated carbocycles. The van der Waals surface area contributed by atoms with Gasteiger partial charge in [-0.05, 0) is 6.07 Å². The molecule has 0 atom stereocenters. The van der Waals surface area contributed by atoms with E-state index < -0.39 is 14.8 Å². The maximum absolute atomic E-state index is 11.0.